The molecule has 1 aromatic carbocycles. The topological polar surface area (TPSA) is 48.6 Å². The molecular formula is C23H31N3O2. The van der Waals surface area contributed by atoms with Crippen molar-refractivity contribution in [2.24, 2.45) is 5.92 Å². The van der Waals surface area contributed by atoms with E-state index >= 15 is 0 Å². The number of hydrogen-bond donors (Lipinski definition) is 1. The fourth-order valence-electron chi connectivity index (χ4n) is 4.80. The van der Waals surface area contributed by atoms with Crippen LogP contribution in [0.1, 0.15) is 34.3 Å². The molecule has 2 aliphatic rings. The van der Waals surface area contributed by atoms with Gasteiger partial charge in [-0.3, -0.25) is 9.69 Å². The Hall–Kier alpha value is -2.11. The number of carbonyl (C=O) groups excluding carboxylic acids is 1. The van der Waals surface area contributed by atoms with E-state index in [1.807, 2.05) is 17.2 Å². The van der Waals surface area contributed by atoms with Crippen molar-refractivity contribution in [2.75, 3.05) is 39.9 Å². The lowest BCUT2D eigenvalue weighted by Crippen LogP contribution is -2.47. The Labute approximate surface area is 167 Å². The van der Waals surface area contributed by atoms with Crippen LogP contribution in [0, 0.1) is 5.92 Å². The minimum Gasteiger partial charge on any atom is -0.383 e. The first-order valence-electron chi connectivity index (χ1n) is 10.5. The highest BCUT2D eigenvalue weighted by Crippen LogP contribution is 2.29. The molecular weight excluding hydrogens is 350 g/mol. The smallest absolute Gasteiger partial charge is 0.255 e. The highest BCUT2D eigenvalue weighted by Gasteiger charge is 2.31. The van der Waals surface area contributed by atoms with Crippen LogP contribution in [0.2, 0.25) is 0 Å². The summed E-state index contributed by atoms with van der Waals surface area (Å²) in [5.41, 5.74) is 3.76. The Kier molecular flexibility index (Phi) is 6.13. The van der Waals surface area contributed by atoms with E-state index in [0.717, 1.165) is 18.7 Å². The fraction of sp³-hybridized carbons (Fsp3) is 0.522. The number of benzene rings is 1. The summed E-state index contributed by atoms with van der Waals surface area (Å²) in [6, 6.07) is 11.3. The standard InChI is InChI=1S/C23H31N3O2/c1-28-12-11-26(23(27)21-8-9-24-15-21)17-18-5-4-10-25(16-18)22-13-19-6-2-3-7-20(19)14-22/h2-3,6-9,15,18,22,24H,4-5,10-14,16-17H2,1H3/t18-/m1/s1. The number of rotatable bonds is 7. The summed E-state index contributed by atoms with van der Waals surface area (Å²) in [5, 5.41) is 0. The number of fused-ring (bicyclic) bond motifs is 1. The molecule has 2 heterocycles. The summed E-state index contributed by atoms with van der Waals surface area (Å²) < 4.78 is 5.26. The molecule has 1 aliphatic heterocycles. The maximum absolute atomic E-state index is 12.9. The van der Waals surface area contributed by atoms with E-state index in [-0.39, 0.29) is 5.91 Å². The Morgan fingerprint density at radius 3 is 2.71 bits per heavy atom. The first-order chi connectivity index (χ1) is 13.7. The second kappa shape index (κ2) is 8.93. The van der Waals surface area contributed by atoms with Crippen molar-refractivity contribution in [3.8, 4) is 0 Å². The summed E-state index contributed by atoms with van der Waals surface area (Å²) in [7, 11) is 1.69. The second-order valence-corrected chi connectivity index (χ2v) is 8.18. The van der Waals surface area contributed by atoms with E-state index in [4.69, 9.17) is 4.74 Å². The largest absolute Gasteiger partial charge is 0.383 e. The SMILES string of the molecule is COCCN(C[C@@H]1CCCN(C2Cc3ccccc3C2)C1)C(=O)c1cc[nH]c1. The molecule has 0 bridgehead atoms. The molecule has 1 atom stereocenters. The average Bonchev–Trinajstić information content (AvgIpc) is 3.40. The van der Waals surface area contributed by atoms with Crippen LogP contribution in [0.4, 0.5) is 0 Å². The number of carbonyl (C=O) groups is 1. The van der Waals surface area contributed by atoms with Crippen molar-refractivity contribution >= 4 is 5.91 Å². The van der Waals surface area contributed by atoms with Crippen molar-refractivity contribution in [1.29, 1.82) is 0 Å². The van der Waals surface area contributed by atoms with Crippen molar-refractivity contribution in [3.63, 3.8) is 0 Å². The van der Waals surface area contributed by atoms with Crippen LogP contribution in [-0.4, -0.2) is 66.6 Å². The Morgan fingerprint density at radius 1 is 1.25 bits per heavy atom. The molecule has 5 heteroatoms. The van der Waals surface area contributed by atoms with Gasteiger partial charge in [-0.25, -0.2) is 0 Å². The molecule has 1 aliphatic carbocycles. The van der Waals surface area contributed by atoms with Crippen molar-refractivity contribution < 1.29 is 9.53 Å². The Morgan fingerprint density at radius 2 is 2.04 bits per heavy atom. The minimum atomic E-state index is 0.101. The first-order valence-corrected chi connectivity index (χ1v) is 10.5. The van der Waals surface area contributed by atoms with Gasteiger partial charge in [0.25, 0.3) is 5.91 Å². The summed E-state index contributed by atoms with van der Waals surface area (Å²) in [6.45, 7) is 4.29. The van der Waals surface area contributed by atoms with Crippen molar-refractivity contribution in [3.05, 3.63) is 59.4 Å². The predicted octanol–water partition coefficient (Wildman–Crippen LogP) is 2.98. The van der Waals surface area contributed by atoms with Gasteiger partial charge in [0.1, 0.15) is 0 Å². The predicted molar refractivity (Wildman–Crippen MR) is 111 cm³/mol. The molecule has 1 aromatic heterocycles. The molecule has 1 amide bonds. The van der Waals surface area contributed by atoms with E-state index in [1.165, 1.54) is 43.4 Å². The van der Waals surface area contributed by atoms with Gasteiger partial charge in [-0.15, -0.1) is 0 Å². The van der Waals surface area contributed by atoms with Gasteiger partial charge in [0.05, 0.1) is 12.2 Å². The third kappa shape index (κ3) is 4.31. The maximum Gasteiger partial charge on any atom is 0.255 e. The number of piperidine rings is 1. The third-order valence-corrected chi connectivity index (χ3v) is 6.27. The van der Waals surface area contributed by atoms with Crippen molar-refractivity contribution in [1.82, 2.24) is 14.8 Å². The summed E-state index contributed by atoms with van der Waals surface area (Å²) in [6.07, 6.45) is 8.33. The molecule has 0 spiro atoms. The van der Waals surface area contributed by atoms with Gasteiger partial charge in [-0.1, -0.05) is 24.3 Å². The average molecular weight is 382 g/mol. The van der Waals surface area contributed by atoms with Gasteiger partial charge >= 0.3 is 0 Å². The van der Waals surface area contributed by atoms with E-state index < -0.39 is 0 Å². The number of nitrogens with one attached hydrogen (secondary N) is 1. The number of aromatic nitrogens is 1. The zero-order valence-corrected chi connectivity index (χ0v) is 16.8. The highest BCUT2D eigenvalue weighted by atomic mass is 16.5. The fourth-order valence-corrected chi connectivity index (χ4v) is 4.80. The summed E-state index contributed by atoms with van der Waals surface area (Å²) >= 11 is 0. The van der Waals surface area contributed by atoms with Gasteiger partial charge in [0, 0.05) is 45.2 Å². The molecule has 0 radical (unpaired) electrons. The molecule has 28 heavy (non-hydrogen) atoms. The van der Waals surface area contributed by atoms with E-state index in [0.29, 0.717) is 25.1 Å². The van der Waals surface area contributed by atoms with E-state index in [9.17, 15) is 4.79 Å². The maximum atomic E-state index is 12.9. The first kappa shape index (κ1) is 19.2. The van der Waals surface area contributed by atoms with Crippen LogP contribution in [0.15, 0.2) is 42.7 Å². The molecule has 1 N–H and O–H groups in total. The quantitative estimate of drug-likeness (QED) is 0.802. The normalized spacial score (nSPS) is 20.2. The molecule has 1 saturated heterocycles. The van der Waals surface area contributed by atoms with Crippen LogP contribution >= 0.6 is 0 Å². The number of methoxy groups -OCH3 is 1. The molecule has 0 unspecified atom stereocenters. The zero-order chi connectivity index (χ0) is 19.3. The molecule has 0 saturated carbocycles. The summed E-state index contributed by atoms with van der Waals surface area (Å²) in [4.78, 5) is 20.5. The van der Waals surface area contributed by atoms with Crippen LogP contribution in [0.3, 0.4) is 0 Å². The van der Waals surface area contributed by atoms with Gasteiger partial charge < -0.3 is 14.6 Å². The highest BCUT2D eigenvalue weighted by molar-refractivity contribution is 5.94. The lowest BCUT2D eigenvalue weighted by molar-refractivity contribution is 0.0573. The number of H-pyrrole nitrogens is 1. The lowest BCUT2D eigenvalue weighted by Gasteiger charge is -2.38. The Balaban J connectivity index is 1.38. The van der Waals surface area contributed by atoms with Crippen molar-refractivity contribution in [2.45, 2.75) is 31.7 Å². The lowest BCUT2D eigenvalue weighted by atomic mass is 9.95. The van der Waals surface area contributed by atoms with E-state index in [2.05, 4.69) is 34.1 Å². The van der Waals surface area contributed by atoms with Crippen LogP contribution < -0.4 is 0 Å². The summed E-state index contributed by atoms with van der Waals surface area (Å²) in [5.74, 6) is 0.626. The van der Waals surface area contributed by atoms with Gasteiger partial charge in [-0.2, -0.15) is 0 Å². The molecule has 4 rings (SSSR count). The molecule has 150 valence electrons. The number of aromatic amines is 1. The number of ether oxygens (including phenoxy) is 1. The minimum absolute atomic E-state index is 0.101. The Bertz CT molecular complexity index is 749. The van der Waals surface area contributed by atoms with Gasteiger partial charge in [0.2, 0.25) is 0 Å². The van der Waals surface area contributed by atoms with Gasteiger partial charge in [-0.05, 0) is 55.3 Å². The van der Waals surface area contributed by atoms with Crippen LogP contribution in [0.25, 0.3) is 0 Å². The molecule has 1 fully saturated rings. The van der Waals surface area contributed by atoms with Gasteiger partial charge in [0.15, 0.2) is 0 Å². The molecule has 2 aromatic rings. The second-order valence-electron chi connectivity index (χ2n) is 8.18. The number of amides is 1. The number of hydrogen-bond acceptors (Lipinski definition) is 3. The monoisotopic (exact) mass is 381 g/mol. The third-order valence-electron chi connectivity index (χ3n) is 6.27. The number of likely N-dealkylation sites (tertiary alicyclic amines) is 1. The van der Waals surface area contributed by atoms with Crippen LogP contribution in [0.5, 0.6) is 0 Å². The van der Waals surface area contributed by atoms with Crippen LogP contribution in [-0.2, 0) is 17.6 Å². The number of nitrogens with zero attached hydrogens (tertiary/aromatic N) is 2. The molecule has 5 nitrogen and oxygen atoms in total. The van der Waals surface area contributed by atoms with E-state index in [1.54, 1.807) is 13.3 Å². The zero-order valence-electron chi connectivity index (χ0n) is 16.8.